The van der Waals surface area contributed by atoms with Crippen LogP contribution in [-0.2, 0) is 4.79 Å². The molecule has 1 heterocycles. The smallest absolute Gasteiger partial charge is 0.239 e. The maximum absolute atomic E-state index is 12.3. The largest absolute Gasteiger partial charge is 0.344 e. The van der Waals surface area contributed by atoms with Gasteiger partial charge >= 0.3 is 0 Å². The molecule has 17 heavy (non-hydrogen) atoms. The number of hydrogen-bond acceptors (Lipinski definition) is 2. The molecule has 98 valence electrons. The van der Waals surface area contributed by atoms with E-state index in [4.69, 9.17) is 0 Å². The van der Waals surface area contributed by atoms with Gasteiger partial charge in [0.2, 0.25) is 5.91 Å². The molecule has 0 bridgehead atoms. The Balaban J connectivity index is 1.84. The van der Waals surface area contributed by atoms with E-state index < -0.39 is 0 Å². The predicted octanol–water partition coefficient (Wildman–Crippen LogP) is 2.17. The number of carbonyl (C=O) groups is 1. The molecule has 3 atom stereocenters. The highest BCUT2D eigenvalue weighted by atomic mass is 16.2. The van der Waals surface area contributed by atoms with E-state index in [0.717, 1.165) is 31.7 Å². The van der Waals surface area contributed by atoms with Gasteiger partial charge < -0.3 is 10.2 Å². The highest BCUT2D eigenvalue weighted by Crippen LogP contribution is 2.33. The van der Waals surface area contributed by atoms with Gasteiger partial charge in [0.25, 0.3) is 0 Å². The SMILES string of the molecule is CCCCN(C)C(=O)C1CC2CCCCC2N1. The first-order valence-corrected chi connectivity index (χ1v) is 7.23. The van der Waals surface area contributed by atoms with Crippen molar-refractivity contribution in [3.63, 3.8) is 0 Å². The summed E-state index contributed by atoms with van der Waals surface area (Å²) in [4.78, 5) is 14.2. The van der Waals surface area contributed by atoms with Crippen LogP contribution in [0, 0.1) is 5.92 Å². The minimum atomic E-state index is 0.102. The molecule has 1 aliphatic heterocycles. The zero-order valence-corrected chi connectivity index (χ0v) is 11.2. The number of fused-ring (bicyclic) bond motifs is 1. The zero-order valence-electron chi connectivity index (χ0n) is 11.2. The monoisotopic (exact) mass is 238 g/mol. The van der Waals surface area contributed by atoms with E-state index in [1.54, 1.807) is 0 Å². The molecule has 0 aromatic rings. The number of likely N-dealkylation sites (N-methyl/N-ethyl adjacent to an activating group) is 1. The Morgan fingerprint density at radius 3 is 2.82 bits per heavy atom. The number of amides is 1. The van der Waals surface area contributed by atoms with Crippen LogP contribution in [0.2, 0.25) is 0 Å². The van der Waals surface area contributed by atoms with Gasteiger partial charge in [0, 0.05) is 19.6 Å². The number of unbranched alkanes of at least 4 members (excludes halogenated alkanes) is 1. The van der Waals surface area contributed by atoms with E-state index in [0.29, 0.717) is 11.9 Å². The summed E-state index contributed by atoms with van der Waals surface area (Å²) in [6.07, 6.45) is 8.62. The molecule has 3 unspecified atom stereocenters. The third-order valence-corrected chi connectivity index (χ3v) is 4.38. The number of nitrogens with one attached hydrogen (secondary N) is 1. The molecule has 1 amide bonds. The third kappa shape index (κ3) is 3.01. The van der Waals surface area contributed by atoms with Crippen LogP contribution in [0.15, 0.2) is 0 Å². The van der Waals surface area contributed by atoms with Crippen molar-refractivity contribution in [2.45, 2.75) is 64.0 Å². The maximum Gasteiger partial charge on any atom is 0.239 e. The normalized spacial score (nSPS) is 32.2. The lowest BCUT2D eigenvalue weighted by atomic mass is 9.85. The van der Waals surface area contributed by atoms with Gasteiger partial charge in [0.15, 0.2) is 0 Å². The second kappa shape index (κ2) is 5.85. The predicted molar refractivity (Wildman–Crippen MR) is 69.8 cm³/mol. The molecule has 1 saturated carbocycles. The lowest BCUT2D eigenvalue weighted by Gasteiger charge is -2.24. The molecule has 2 rings (SSSR count). The molecule has 2 aliphatic rings. The summed E-state index contributed by atoms with van der Waals surface area (Å²) < 4.78 is 0. The van der Waals surface area contributed by atoms with Gasteiger partial charge in [-0.05, 0) is 31.6 Å². The molecule has 3 heteroatoms. The zero-order chi connectivity index (χ0) is 12.3. The van der Waals surface area contributed by atoms with Crippen LogP contribution in [0.3, 0.4) is 0 Å². The fraction of sp³-hybridized carbons (Fsp3) is 0.929. The molecule has 0 aromatic carbocycles. The quantitative estimate of drug-likeness (QED) is 0.814. The Morgan fingerprint density at radius 2 is 2.12 bits per heavy atom. The summed E-state index contributed by atoms with van der Waals surface area (Å²) in [5.41, 5.74) is 0. The van der Waals surface area contributed by atoms with Crippen LogP contribution in [0.5, 0.6) is 0 Å². The molecule has 1 N–H and O–H groups in total. The van der Waals surface area contributed by atoms with Gasteiger partial charge in [-0.25, -0.2) is 0 Å². The van der Waals surface area contributed by atoms with E-state index in [-0.39, 0.29) is 6.04 Å². The molecular formula is C14H26N2O. The van der Waals surface area contributed by atoms with Crippen molar-refractivity contribution in [1.82, 2.24) is 10.2 Å². The van der Waals surface area contributed by atoms with E-state index in [1.807, 2.05) is 11.9 Å². The molecule has 1 aliphatic carbocycles. The van der Waals surface area contributed by atoms with Gasteiger partial charge in [-0.15, -0.1) is 0 Å². The number of nitrogens with zero attached hydrogens (tertiary/aromatic N) is 1. The summed E-state index contributed by atoms with van der Waals surface area (Å²) >= 11 is 0. The first-order valence-electron chi connectivity index (χ1n) is 7.23. The Bertz CT molecular complexity index is 253. The van der Waals surface area contributed by atoms with Crippen LogP contribution in [0.25, 0.3) is 0 Å². The van der Waals surface area contributed by atoms with Crippen molar-refractivity contribution in [2.75, 3.05) is 13.6 Å². The molecule has 0 radical (unpaired) electrons. The molecular weight excluding hydrogens is 212 g/mol. The highest BCUT2D eigenvalue weighted by molar-refractivity contribution is 5.82. The maximum atomic E-state index is 12.3. The summed E-state index contributed by atoms with van der Waals surface area (Å²) in [6, 6.07) is 0.724. The number of rotatable bonds is 4. The van der Waals surface area contributed by atoms with Gasteiger partial charge in [0.05, 0.1) is 6.04 Å². The van der Waals surface area contributed by atoms with Gasteiger partial charge in [-0.2, -0.15) is 0 Å². The van der Waals surface area contributed by atoms with Crippen molar-refractivity contribution in [3.05, 3.63) is 0 Å². The van der Waals surface area contributed by atoms with Crippen molar-refractivity contribution in [3.8, 4) is 0 Å². The molecule has 1 saturated heterocycles. The summed E-state index contributed by atoms with van der Waals surface area (Å²) in [6.45, 7) is 3.07. The van der Waals surface area contributed by atoms with Crippen molar-refractivity contribution in [1.29, 1.82) is 0 Å². The fourth-order valence-electron chi connectivity index (χ4n) is 3.28. The minimum Gasteiger partial charge on any atom is -0.344 e. The standard InChI is InChI=1S/C14H26N2O/c1-3-4-9-16(2)14(17)13-10-11-7-5-6-8-12(11)15-13/h11-13,15H,3-10H2,1-2H3. The van der Waals surface area contributed by atoms with E-state index in [1.165, 1.54) is 25.7 Å². The minimum absolute atomic E-state index is 0.102. The molecule has 3 nitrogen and oxygen atoms in total. The topological polar surface area (TPSA) is 32.3 Å². The van der Waals surface area contributed by atoms with Gasteiger partial charge in [-0.3, -0.25) is 4.79 Å². The molecule has 2 fully saturated rings. The van der Waals surface area contributed by atoms with Gasteiger partial charge in [-0.1, -0.05) is 26.2 Å². The fourth-order valence-corrected chi connectivity index (χ4v) is 3.28. The Kier molecular flexibility index (Phi) is 4.43. The first kappa shape index (κ1) is 12.9. The van der Waals surface area contributed by atoms with Crippen LogP contribution < -0.4 is 5.32 Å². The average Bonchev–Trinajstić information content (AvgIpc) is 2.78. The van der Waals surface area contributed by atoms with Crippen molar-refractivity contribution >= 4 is 5.91 Å². The lowest BCUT2D eigenvalue weighted by molar-refractivity contribution is -0.131. The van der Waals surface area contributed by atoms with Crippen molar-refractivity contribution in [2.24, 2.45) is 5.92 Å². The number of hydrogen-bond donors (Lipinski definition) is 1. The van der Waals surface area contributed by atoms with Gasteiger partial charge in [0.1, 0.15) is 0 Å². The van der Waals surface area contributed by atoms with E-state index >= 15 is 0 Å². The summed E-state index contributed by atoms with van der Waals surface area (Å²) in [7, 11) is 1.95. The first-order chi connectivity index (χ1) is 8.22. The summed E-state index contributed by atoms with van der Waals surface area (Å²) in [5.74, 6) is 1.07. The average molecular weight is 238 g/mol. The van der Waals surface area contributed by atoms with E-state index in [2.05, 4.69) is 12.2 Å². The second-order valence-corrected chi connectivity index (χ2v) is 5.72. The van der Waals surface area contributed by atoms with Crippen LogP contribution in [0.4, 0.5) is 0 Å². The highest BCUT2D eigenvalue weighted by Gasteiger charge is 2.38. The Morgan fingerprint density at radius 1 is 1.35 bits per heavy atom. The lowest BCUT2D eigenvalue weighted by Crippen LogP contribution is -2.44. The number of carbonyl (C=O) groups excluding carboxylic acids is 1. The van der Waals surface area contributed by atoms with Crippen LogP contribution in [-0.4, -0.2) is 36.5 Å². The summed E-state index contributed by atoms with van der Waals surface area (Å²) in [5, 5.41) is 3.56. The Labute approximate surface area is 105 Å². The van der Waals surface area contributed by atoms with Crippen LogP contribution in [0.1, 0.15) is 51.9 Å². The molecule has 0 aromatic heterocycles. The van der Waals surface area contributed by atoms with E-state index in [9.17, 15) is 4.79 Å². The van der Waals surface area contributed by atoms with Crippen LogP contribution >= 0.6 is 0 Å². The molecule has 0 spiro atoms. The Hall–Kier alpha value is -0.570. The van der Waals surface area contributed by atoms with Crippen molar-refractivity contribution < 1.29 is 4.79 Å². The third-order valence-electron chi connectivity index (χ3n) is 4.38. The second-order valence-electron chi connectivity index (χ2n) is 5.72.